The summed E-state index contributed by atoms with van der Waals surface area (Å²) in [5.74, 6) is 4.86. The largest absolute Gasteiger partial charge is 0.285 e. The molecule has 0 radical (unpaired) electrons. The maximum atomic E-state index is 10.6. The zero-order valence-corrected chi connectivity index (χ0v) is 10.5. The van der Waals surface area contributed by atoms with E-state index >= 15 is 0 Å². The second-order valence-corrected chi connectivity index (χ2v) is 7.08. The van der Waals surface area contributed by atoms with E-state index in [4.69, 9.17) is 9.11 Å². The lowest BCUT2D eigenvalue weighted by Gasteiger charge is -2.02. The van der Waals surface area contributed by atoms with Crippen molar-refractivity contribution in [3.63, 3.8) is 0 Å². The van der Waals surface area contributed by atoms with Gasteiger partial charge in [0.1, 0.15) is 0 Å². The van der Waals surface area contributed by atoms with E-state index in [1.54, 1.807) is 0 Å². The summed E-state index contributed by atoms with van der Waals surface area (Å²) in [5.41, 5.74) is 0. The summed E-state index contributed by atoms with van der Waals surface area (Å²) < 4.78 is 59.5. The van der Waals surface area contributed by atoms with Crippen LogP contribution in [0.4, 0.5) is 0 Å². The molecule has 0 heterocycles. The molecule has 16 heavy (non-hydrogen) atoms. The summed E-state index contributed by atoms with van der Waals surface area (Å²) in [6.45, 7) is 2.58. The minimum Gasteiger partial charge on any atom is -0.285 e. The van der Waals surface area contributed by atoms with Crippen molar-refractivity contribution in [2.45, 2.75) is 37.2 Å². The highest BCUT2D eigenvalue weighted by molar-refractivity contribution is 7.86. The fourth-order valence-corrected chi connectivity index (χ4v) is 1.23. The molecule has 0 bridgehead atoms. The first-order valence-corrected chi connectivity index (χ1v) is 7.44. The van der Waals surface area contributed by atoms with Gasteiger partial charge in [0.05, 0.1) is 10.5 Å². The molecule has 2 N–H and O–H groups in total. The SMILES string of the molecule is CC(CC#CCC(C)S(=O)(=O)O)S(=O)(=O)O. The smallest absolute Gasteiger partial charge is 0.268 e. The van der Waals surface area contributed by atoms with Crippen LogP contribution in [0.15, 0.2) is 0 Å². The van der Waals surface area contributed by atoms with Crippen molar-refractivity contribution in [2.75, 3.05) is 0 Å². The van der Waals surface area contributed by atoms with E-state index in [-0.39, 0.29) is 12.8 Å². The second kappa shape index (κ2) is 5.63. The van der Waals surface area contributed by atoms with Crippen LogP contribution in [0.25, 0.3) is 0 Å². The molecule has 0 aromatic heterocycles. The van der Waals surface area contributed by atoms with E-state index in [0.29, 0.717) is 0 Å². The van der Waals surface area contributed by atoms with E-state index in [2.05, 4.69) is 11.8 Å². The van der Waals surface area contributed by atoms with Crippen molar-refractivity contribution in [1.29, 1.82) is 0 Å². The number of rotatable bonds is 4. The first-order valence-electron chi connectivity index (χ1n) is 4.43. The van der Waals surface area contributed by atoms with Crippen LogP contribution in [0.5, 0.6) is 0 Å². The summed E-state index contributed by atoms with van der Waals surface area (Å²) >= 11 is 0. The second-order valence-electron chi connectivity index (χ2n) is 3.41. The van der Waals surface area contributed by atoms with Crippen molar-refractivity contribution >= 4 is 20.2 Å². The molecule has 0 aliphatic heterocycles. The molecular formula is C8H14O6S2. The standard InChI is InChI=1S/C8H14O6S2/c1-7(15(9,10)11)5-3-4-6-8(2)16(12,13)14/h7-8H,5-6H2,1-2H3,(H,9,10,11)(H,12,13,14). The summed E-state index contributed by atoms with van der Waals surface area (Å²) in [6, 6.07) is 0. The summed E-state index contributed by atoms with van der Waals surface area (Å²) in [6.07, 6.45) is -0.173. The zero-order valence-electron chi connectivity index (χ0n) is 8.91. The molecule has 0 rings (SSSR count). The number of hydrogen-bond acceptors (Lipinski definition) is 4. The maximum absolute atomic E-state index is 10.6. The van der Waals surface area contributed by atoms with Gasteiger partial charge in [-0.2, -0.15) is 16.8 Å². The Bertz CT molecular complexity index is 434. The molecule has 2 atom stereocenters. The lowest BCUT2D eigenvalue weighted by molar-refractivity contribution is 0.468. The van der Waals surface area contributed by atoms with Crippen LogP contribution < -0.4 is 0 Å². The Hall–Kier alpha value is -0.620. The summed E-state index contributed by atoms with van der Waals surface area (Å²) in [4.78, 5) is 0. The third-order valence-electron chi connectivity index (χ3n) is 1.92. The van der Waals surface area contributed by atoms with Crippen molar-refractivity contribution < 1.29 is 25.9 Å². The highest BCUT2D eigenvalue weighted by Crippen LogP contribution is 2.03. The quantitative estimate of drug-likeness (QED) is 0.562. The fourth-order valence-electron chi connectivity index (χ4n) is 0.642. The predicted octanol–water partition coefficient (Wildman–Crippen LogP) is 0.323. The van der Waals surface area contributed by atoms with Crippen molar-refractivity contribution in [3.05, 3.63) is 0 Å². The average Bonchev–Trinajstić information content (AvgIpc) is 2.08. The lowest BCUT2D eigenvalue weighted by Crippen LogP contribution is -2.16. The minimum absolute atomic E-state index is 0.0863. The van der Waals surface area contributed by atoms with E-state index in [1.807, 2.05) is 0 Å². The lowest BCUT2D eigenvalue weighted by atomic mass is 10.3. The van der Waals surface area contributed by atoms with E-state index in [9.17, 15) is 16.8 Å². The summed E-state index contributed by atoms with van der Waals surface area (Å²) in [7, 11) is -8.20. The molecule has 0 aromatic rings. The molecule has 0 saturated heterocycles. The molecule has 0 aliphatic carbocycles. The third kappa shape index (κ3) is 6.07. The Kier molecular flexibility index (Phi) is 5.41. The van der Waals surface area contributed by atoms with E-state index < -0.39 is 30.7 Å². The van der Waals surface area contributed by atoms with Gasteiger partial charge in [0, 0.05) is 12.8 Å². The Morgan fingerprint density at radius 1 is 0.875 bits per heavy atom. The fraction of sp³-hybridized carbons (Fsp3) is 0.750. The molecular weight excluding hydrogens is 256 g/mol. The molecule has 6 nitrogen and oxygen atoms in total. The Morgan fingerprint density at radius 3 is 1.31 bits per heavy atom. The normalized spacial score (nSPS) is 16.0. The van der Waals surface area contributed by atoms with Gasteiger partial charge in [-0.25, -0.2) is 0 Å². The van der Waals surface area contributed by atoms with Crippen molar-refractivity contribution in [3.8, 4) is 11.8 Å². The van der Waals surface area contributed by atoms with E-state index in [0.717, 1.165) is 0 Å². The van der Waals surface area contributed by atoms with Crippen molar-refractivity contribution in [1.82, 2.24) is 0 Å². The average molecular weight is 270 g/mol. The van der Waals surface area contributed by atoms with E-state index in [1.165, 1.54) is 13.8 Å². The molecule has 0 saturated carbocycles. The van der Waals surface area contributed by atoms with Gasteiger partial charge in [-0.15, -0.1) is 11.8 Å². The first kappa shape index (κ1) is 15.4. The summed E-state index contributed by atoms with van der Waals surface area (Å²) in [5, 5.41) is -2.03. The van der Waals surface area contributed by atoms with Gasteiger partial charge in [-0.05, 0) is 13.8 Å². The van der Waals surface area contributed by atoms with Gasteiger partial charge in [0.15, 0.2) is 0 Å². The van der Waals surface area contributed by atoms with Gasteiger partial charge in [-0.1, -0.05) is 0 Å². The van der Waals surface area contributed by atoms with Gasteiger partial charge >= 0.3 is 0 Å². The maximum Gasteiger partial charge on any atom is 0.268 e. The molecule has 0 spiro atoms. The van der Waals surface area contributed by atoms with Crippen LogP contribution in [0.1, 0.15) is 26.7 Å². The monoisotopic (exact) mass is 270 g/mol. The van der Waals surface area contributed by atoms with Crippen LogP contribution in [0, 0.1) is 11.8 Å². The molecule has 0 amide bonds. The first-order chi connectivity index (χ1) is 7.05. The molecule has 94 valence electrons. The highest BCUT2D eigenvalue weighted by Gasteiger charge is 2.16. The minimum atomic E-state index is -4.10. The van der Waals surface area contributed by atoms with Crippen molar-refractivity contribution in [2.24, 2.45) is 0 Å². The molecule has 8 heteroatoms. The topological polar surface area (TPSA) is 109 Å². The highest BCUT2D eigenvalue weighted by atomic mass is 32.2. The zero-order chi connectivity index (χ0) is 13.0. The Labute approximate surface area is 95.6 Å². The van der Waals surface area contributed by atoms with Crippen LogP contribution in [0.3, 0.4) is 0 Å². The Morgan fingerprint density at radius 2 is 1.12 bits per heavy atom. The van der Waals surface area contributed by atoms with Crippen LogP contribution in [-0.4, -0.2) is 36.4 Å². The molecule has 0 aromatic carbocycles. The van der Waals surface area contributed by atoms with Crippen LogP contribution in [-0.2, 0) is 20.2 Å². The number of hydrogen-bond donors (Lipinski definition) is 2. The van der Waals surface area contributed by atoms with Crippen LogP contribution >= 0.6 is 0 Å². The Balaban J connectivity index is 4.27. The van der Waals surface area contributed by atoms with Gasteiger partial charge in [-0.3, -0.25) is 9.11 Å². The third-order valence-corrected chi connectivity index (χ3v) is 4.29. The van der Waals surface area contributed by atoms with Gasteiger partial charge in [0.2, 0.25) is 0 Å². The van der Waals surface area contributed by atoms with Gasteiger partial charge in [0.25, 0.3) is 20.2 Å². The molecule has 0 aliphatic rings. The molecule has 0 fully saturated rings. The van der Waals surface area contributed by atoms with Crippen LogP contribution in [0.2, 0.25) is 0 Å². The predicted molar refractivity (Wildman–Crippen MR) is 59.0 cm³/mol. The van der Waals surface area contributed by atoms with Gasteiger partial charge < -0.3 is 0 Å². The molecule has 2 unspecified atom stereocenters.